The topological polar surface area (TPSA) is 271 Å². The van der Waals surface area contributed by atoms with E-state index >= 15 is 0 Å². The Morgan fingerprint density at radius 2 is 1.70 bits per heavy atom. The highest BCUT2D eigenvalue weighted by Crippen LogP contribution is 2.60. The molecule has 1 fully saturated rings. The molecule has 2 aromatic heterocycles. The van der Waals surface area contributed by atoms with Gasteiger partial charge in [0.25, 0.3) is 5.56 Å². The molecule has 1 aliphatic heterocycles. The summed E-state index contributed by atoms with van der Waals surface area (Å²) in [6, 6.07) is 17.2. The Kier molecular flexibility index (Phi) is 10.1. The number of nitrogens with zero attached hydrogens (tertiary/aromatic N) is 3. The second kappa shape index (κ2) is 13.9. The van der Waals surface area contributed by atoms with Gasteiger partial charge in [0.2, 0.25) is 11.9 Å². The fraction of sp³-hybridized carbons (Fsp3) is 0.308. The van der Waals surface area contributed by atoms with Gasteiger partial charge in [0.15, 0.2) is 17.4 Å². The number of fused-ring (bicyclic) bond motifs is 1. The normalized spacial score (nSPS) is 22.3. The maximum absolute atomic E-state index is 12.3. The molecular formula is C26H30N6O12P2. The Hall–Kier alpha value is -3.80. The number of hydrogen-bond donors (Lipinski definition) is 7. The van der Waals surface area contributed by atoms with Crippen molar-refractivity contribution < 1.29 is 52.0 Å². The number of hydrogen-bond acceptors (Lipinski definition) is 13. The first kappa shape index (κ1) is 33.6. The summed E-state index contributed by atoms with van der Waals surface area (Å²) in [6.07, 6.45) is -5.40. The molecule has 1 amide bonds. The van der Waals surface area contributed by atoms with Gasteiger partial charge in [-0.1, -0.05) is 54.6 Å². The van der Waals surface area contributed by atoms with Crippen molar-refractivity contribution in [1.82, 2.24) is 24.8 Å². The zero-order valence-corrected chi connectivity index (χ0v) is 25.6. The minimum atomic E-state index is -5.29. The quantitative estimate of drug-likeness (QED) is 0.0969. The van der Waals surface area contributed by atoms with E-state index in [2.05, 4.69) is 29.1 Å². The van der Waals surface area contributed by atoms with Gasteiger partial charge in [-0.2, -0.15) is 9.29 Å². The summed E-state index contributed by atoms with van der Waals surface area (Å²) >= 11 is 0. The fourth-order valence-electron chi connectivity index (χ4n) is 4.56. The van der Waals surface area contributed by atoms with E-state index in [1.807, 2.05) is 54.6 Å². The fourth-order valence-corrected chi connectivity index (χ4v) is 6.64. The number of carbonyl (C=O) groups is 1. The van der Waals surface area contributed by atoms with Crippen LogP contribution in [0.5, 0.6) is 0 Å². The van der Waals surface area contributed by atoms with Crippen molar-refractivity contribution in [3.63, 3.8) is 0 Å². The Labute approximate surface area is 260 Å². The predicted octanol–water partition coefficient (Wildman–Crippen LogP) is 0.945. The van der Waals surface area contributed by atoms with Crippen LogP contribution in [0.25, 0.3) is 22.3 Å². The van der Waals surface area contributed by atoms with E-state index in [9.17, 15) is 38.7 Å². The first-order chi connectivity index (χ1) is 21.8. The summed E-state index contributed by atoms with van der Waals surface area (Å²) in [5.74, 6) is -0.768. The second-order valence-electron chi connectivity index (χ2n) is 10.1. The van der Waals surface area contributed by atoms with Gasteiger partial charge in [-0.15, -0.1) is 0 Å². The molecule has 6 atom stereocenters. The van der Waals surface area contributed by atoms with Gasteiger partial charge >= 0.3 is 15.6 Å². The number of aromatic amines is 1. The summed E-state index contributed by atoms with van der Waals surface area (Å²) in [4.78, 5) is 54.1. The lowest BCUT2D eigenvalue weighted by molar-refractivity contribution is -0.121. The number of nitrogens with two attached hydrogens (primary N) is 1. The first-order valence-electron chi connectivity index (χ1n) is 13.6. The van der Waals surface area contributed by atoms with E-state index in [0.29, 0.717) is 0 Å². The number of aromatic nitrogens is 4. The average molecular weight is 681 g/mol. The maximum atomic E-state index is 12.3. The van der Waals surface area contributed by atoms with Crippen LogP contribution >= 0.6 is 15.6 Å². The number of benzene rings is 2. The van der Waals surface area contributed by atoms with Crippen LogP contribution in [0.2, 0.25) is 0 Å². The van der Waals surface area contributed by atoms with Crippen LogP contribution in [0, 0.1) is 0 Å². The van der Waals surface area contributed by atoms with Crippen molar-refractivity contribution in [2.24, 2.45) is 0 Å². The van der Waals surface area contributed by atoms with Crippen LogP contribution in [0.15, 0.2) is 65.7 Å². The van der Waals surface area contributed by atoms with Gasteiger partial charge in [-0.25, -0.2) is 14.1 Å². The number of aliphatic hydroxyl groups is 2. The molecule has 20 heteroatoms. The molecule has 1 aliphatic rings. The number of aliphatic hydroxyl groups excluding tert-OH is 2. The van der Waals surface area contributed by atoms with Crippen LogP contribution in [-0.4, -0.2) is 77.0 Å². The lowest BCUT2D eigenvalue weighted by Crippen LogP contribution is -2.33. The van der Waals surface area contributed by atoms with E-state index < -0.39 is 64.9 Å². The van der Waals surface area contributed by atoms with Gasteiger partial charge in [0, 0.05) is 6.54 Å². The van der Waals surface area contributed by atoms with Crippen molar-refractivity contribution in [3.05, 3.63) is 76.8 Å². The van der Waals surface area contributed by atoms with E-state index in [1.165, 1.54) is 0 Å². The molecular weight excluding hydrogens is 650 g/mol. The summed E-state index contributed by atoms with van der Waals surface area (Å²) in [5.41, 5.74) is 7.57. The molecule has 18 nitrogen and oxygen atoms in total. The van der Waals surface area contributed by atoms with Gasteiger partial charge in [-0.3, -0.25) is 28.2 Å². The number of amides is 1. The monoisotopic (exact) mass is 680 g/mol. The summed E-state index contributed by atoms with van der Waals surface area (Å²) in [7, 11) is -10.5. The SMILES string of the molecule is Nc1nc2c(ncn2[C@@H]2O[C@H](COP(=O)(O)OP(=O)(O)OCCC(=O)NCc3ccc(-c4ccccc4)cc3)[C@@H](O)[C@H]2O)c(=O)[nH]1. The zero-order valence-electron chi connectivity index (χ0n) is 23.8. The van der Waals surface area contributed by atoms with Crippen LogP contribution in [0.3, 0.4) is 0 Å². The third kappa shape index (κ3) is 8.12. The highest BCUT2D eigenvalue weighted by atomic mass is 31.3. The number of phosphoric ester groups is 2. The smallest absolute Gasteiger partial charge is 0.387 e. The molecule has 1 saturated heterocycles. The molecule has 246 valence electrons. The summed E-state index contributed by atoms with van der Waals surface area (Å²) < 4.78 is 44.8. The first-order valence-corrected chi connectivity index (χ1v) is 16.6. The number of anilines is 1. The standard InChI is InChI=1S/C26H30N6O12P2/c27-26-30-23-20(24(36)31-26)29-14-32(23)25-22(35)21(34)18(43-25)13-42-46(39,40)44-45(37,38)41-11-10-19(33)28-12-15-6-8-17(9-7-15)16-4-2-1-3-5-16/h1-9,14,18,21-22,25,34-35H,10-13H2,(H,28,33)(H,37,38)(H,39,40)(H3,27,30,31,36)/t18-,21-,22-,25-/m1/s1. The number of carbonyl (C=O) groups excluding carboxylic acids is 1. The lowest BCUT2D eigenvalue weighted by Gasteiger charge is -2.19. The Morgan fingerprint density at radius 3 is 2.41 bits per heavy atom. The molecule has 2 unspecified atom stereocenters. The number of nitrogens with one attached hydrogen (secondary N) is 2. The molecule has 0 saturated carbocycles. The van der Waals surface area contributed by atoms with Crippen molar-refractivity contribution in [2.45, 2.75) is 37.5 Å². The third-order valence-corrected chi connectivity index (χ3v) is 9.44. The van der Waals surface area contributed by atoms with Gasteiger partial charge in [-0.05, 0) is 16.7 Å². The molecule has 0 spiro atoms. The van der Waals surface area contributed by atoms with E-state index in [4.69, 9.17) is 15.0 Å². The largest absolute Gasteiger partial charge is 0.481 e. The highest BCUT2D eigenvalue weighted by Gasteiger charge is 2.46. The van der Waals surface area contributed by atoms with Crippen molar-refractivity contribution >= 4 is 38.7 Å². The van der Waals surface area contributed by atoms with Crippen LogP contribution in [0.1, 0.15) is 18.2 Å². The minimum Gasteiger partial charge on any atom is -0.387 e. The number of nitrogen functional groups attached to an aromatic ring is 1. The molecule has 46 heavy (non-hydrogen) atoms. The minimum absolute atomic E-state index is 0.0697. The van der Waals surface area contributed by atoms with Gasteiger partial charge < -0.3 is 35.8 Å². The van der Waals surface area contributed by atoms with Crippen LogP contribution < -0.4 is 16.6 Å². The predicted molar refractivity (Wildman–Crippen MR) is 159 cm³/mol. The van der Waals surface area contributed by atoms with Crippen LogP contribution in [0.4, 0.5) is 5.95 Å². The Morgan fingerprint density at radius 1 is 1.02 bits per heavy atom. The Balaban J connectivity index is 1.06. The third-order valence-electron chi connectivity index (χ3n) is 6.80. The molecule has 3 heterocycles. The van der Waals surface area contributed by atoms with Crippen molar-refractivity contribution in [2.75, 3.05) is 18.9 Å². The second-order valence-corrected chi connectivity index (χ2v) is 13.1. The van der Waals surface area contributed by atoms with E-state index in [-0.39, 0.29) is 30.1 Å². The Bertz CT molecular complexity index is 1840. The molecule has 8 N–H and O–H groups in total. The molecule has 0 aliphatic carbocycles. The van der Waals surface area contributed by atoms with Crippen molar-refractivity contribution in [1.29, 1.82) is 0 Å². The highest BCUT2D eigenvalue weighted by molar-refractivity contribution is 7.61. The van der Waals surface area contributed by atoms with Gasteiger partial charge in [0.05, 0.1) is 26.0 Å². The van der Waals surface area contributed by atoms with Crippen molar-refractivity contribution in [3.8, 4) is 11.1 Å². The number of ether oxygens (including phenoxy) is 1. The molecule has 2 aromatic carbocycles. The molecule has 0 bridgehead atoms. The maximum Gasteiger partial charge on any atom is 0.481 e. The zero-order chi connectivity index (χ0) is 33.1. The lowest BCUT2D eigenvalue weighted by atomic mass is 10.0. The molecule has 4 aromatic rings. The number of rotatable bonds is 13. The summed E-state index contributed by atoms with van der Waals surface area (Å²) in [5, 5.41) is 23.5. The van der Waals surface area contributed by atoms with E-state index in [1.54, 1.807) is 0 Å². The number of H-pyrrole nitrogens is 1. The molecule has 0 radical (unpaired) electrons. The number of imidazole rings is 1. The summed E-state index contributed by atoms with van der Waals surface area (Å²) in [6.45, 7) is -1.34. The van der Waals surface area contributed by atoms with Crippen LogP contribution in [-0.2, 0) is 38.6 Å². The average Bonchev–Trinajstić information content (AvgIpc) is 3.55. The van der Waals surface area contributed by atoms with E-state index in [0.717, 1.165) is 27.6 Å². The molecule has 5 rings (SSSR count). The number of phosphoric acid groups is 2. The van der Waals surface area contributed by atoms with Gasteiger partial charge in [0.1, 0.15) is 18.3 Å².